The number of nitro groups is 1. The summed E-state index contributed by atoms with van der Waals surface area (Å²) in [7, 11) is 1.70. The van der Waals surface area contributed by atoms with Crippen LogP contribution in [0.15, 0.2) is 12.1 Å². The lowest BCUT2D eigenvalue weighted by molar-refractivity contribution is -0.384. The lowest BCUT2D eigenvalue weighted by Gasteiger charge is -2.19. The van der Waals surface area contributed by atoms with Crippen LogP contribution in [0.1, 0.15) is 6.92 Å². The molecule has 0 saturated carbocycles. The van der Waals surface area contributed by atoms with Crippen LogP contribution in [0, 0.1) is 27.4 Å². The maximum absolute atomic E-state index is 10.7. The zero-order chi connectivity index (χ0) is 13.0. The Morgan fingerprint density at radius 1 is 1.71 bits per heavy atom. The number of nitriles is 1. The van der Waals surface area contributed by atoms with E-state index in [9.17, 15) is 10.1 Å². The van der Waals surface area contributed by atoms with Gasteiger partial charge in [-0.15, -0.1) is 0 Å². The van der Waals surface area contributed by atoms with E-state index in [0.717, 1.165) is 0 Å². The second-order valence-corrected chi connectivity index (χ2v) is 4.06. The van der Waals surface area contributed by atoms with Crippen molar-refractivity contribution in [3.63, 3.8) is 0 Å². The Balaban J connectivity index is 2.98. The first-order chi connectivity index (χ1) is 7.93. The van der Waals surface area contributed by atoms with Crippen LogP contribution in [0.5, 0.6) is 0 Å². The van der Waals surface area contributed by atoms with Crippen LogP contribution in [0.25, 0.3) is 0 Å². The maximum Gasteiger partial charge on any atom is 0.276 e. The number of anilines is 1. The normalized spacial score (nSPS) is 11.6. The summed E-state index contributed by atoms with van der Waals surface area (Å²) in [5, 5.41) is 19.4. The average molecular weight is 255 g/mol. The summed E-state index contributed by atoms with van der Waals surface area (Å²) < 4.78 is 0. The monoisotopic (exact) mass is 254 g/mol. The van der Waals surface area contributed by atoms with Crippen molar-refractivity contribution >= 4 is 23.1 Å². The van der Waals surface area contributed by atoms with E-state index in [0.29, 0.717) is 12.4 Å². The standard InChI is InChI=1S/C10H11ClN4O2/c1-7(5-12)6-14(2)10-4-8(15(16)17)3-9(11)13-10/h3-4,7H,6H2,1-2H3. The third kappa shape index (κ3) is 3.57. The molecule has 0 amide bonds. The van der Waals surface area contributed by atoms with E-state index in [4.69, 9.17) is 16.9 Å². The molecule has 1 aromatic heterocycles. The minimum atomic E-state index is -0.529. The van der Waals surface area contributed by atoms with Crippen LogP contribution in [0.3, 0.4) is 0 Å². The highest BCUT2D eigenvalue weighted by Gasteiger charge is 2.14. The summed E-state index contributed by atoms with van der Waals surface area (Å²) in [5.41, 5.74) is -0.114. The van der Waals surface area contributed by atoms with Gasteiger partial charge in [0.15, 0.2) is 0 Å². The summed E-state index contributed by atoms with van der Waals surface area (Å²) in [5.74, 6) is 0.186. The molecule has 0 radical (unpaired) electrons. The van der Waals surface area contributed by atoms with Crippen LogP contribution in [0.4, 0.5) is 11.5 Å². The molecule has 1 atom stereocenters. The van der Waals surface area contributed by atoms with Crippen LogP contribution >= 0.6 is 11.6 Å². The molecular weight excluding hydrogens is 244 g/mol. The summed E-state index contributed by atoms with van der Waals surface area (Å²) in [6.07, 6.45) is 0. The van der Waals surface area contributed by atoms with Gasteiger partial charge in [-0.3, -0.25) is 10.1 Å². The van der Waals surface area contributed by atoms with Crippen molar-refractivity contribution in [2.75, 3.05) is 18.5 Å². The van der Waals surface area contributed by atoms with Crippen molar-refractivity contribution in [2.24, 2.45) is 5.92 Å². The Morgan fingerprint density at radius 3 is 2.88 bits per heavy atom. The quantitative estimate of drug-likeness (QED) is 0.467. The first-order valence-electron chi connectivity index (χ1n) is 4.86. The molecule has 0 fully saturated rings. The van der Waals surface area contributed by atoms with E-state index in [2.05, 4.69) is 11.1 Å². The molecule has 1 unspecified atom stereocenters. The predicted octanol–water partition coefficient (Wildman–Crippen LogP) is 2.24. The van der Waals surface area contributed by atoms with Crippen LogP contribution in [0.2, 0.25) is 5.15 Å². The van der Waals surface area contributed by atoms with Gasteiger partial charge in [-0.25, -0.2) is 4.98 Å². The maximum atomic E-state index is 10.7. The number of hydrogen-bond donors (Lipinski definition) is 0. The van der Waals surface area contributed by atoms with Gasteiger partial charge in [-0.2, -0.15) is 5.26 Å². The Kier molecular flexibility index (Phi) is 4.24. The van der Waals surface area contributed by atoms with Gasteiger partial charge in [0, 0.05) is 13.6 Å². The fourth-order valence-corrected chi connectivity index (χ4v) is 1.51. The minimum absolute atomic E-state index is 0.0608. The third-order valence-corrected chi connectivity index (χ3v) is 2.33. The predicted molar refractivity (Wildman–Crippen MR) is 63.9 cm³/mol. The summed E-state index contributed by atoms with van der Waals surface area (Å²) >= 11 is 5.70. The van der Waals surface area contributed by atoms with Gasteiger partial charge in [-0.1, -0.05) is 11.6 Å². The van der Waals surface area contributed by atoms with Crippen molar-refractivity contribution in [2.45, 2.75) is 6.92 Å². The van der Waals surface area contributed by atoms with Crippen molar-refractivity contribution in [3.8, 4) is 6.07 Å². The van der Waals surface area contributed by atoms with E-state index in [1.807, 2.05) is 0 Å². The van der Waals surface area contributed by atoms with E-state index < -0.39 is 4.92 Å². The molecule has 0 saturated heterocycles. The lowest BCUT2D eigenvalue weighted by Crippen LogP contribution is -2.24. The molecule has 1 aromatic rings. The van der Waals surface area contributed by atoms with E-state index in [-0.39, 0.29) is 16.8 Å². The van der Waals surface area contributed by atoms with Crippen LogP contribution < -0.4 is 4.90 Å². The first kappa shape index (κ1) is 13.2. The van der Waals surface area contributed by atoms with Gasteiger partial charge in [0.05, 0.1) is 29.0 Å². The summed E-state index contributed by atoms with van der Waals surface area (Å²) in [4.78, 5) is 15.8. The fourth-order valence-electron chi connectivity index (χ4n) is 1.32. The molecule has 17 heavy (non-hydrogen) atoms. The van der Waals surface area contributed by atoms with Gasteiger partial charge in [0.2, 0.25) is 0 Å². The molecule has 0 aromatic carbocycles. The molecule has 0 aliphatic heterocycles. The zero-order valence-corrected chi connectivity index (χ0v) is 10.2. The zero-order valence-electron chi connectivity index (χ0n) is 9.42. The van der Waals surface area contributed by atoms with Crippen LogP contribution in [-0.2, 0) is 0 Å². The summed E-state index contributed by atoms with van der Waals surface area (Å²) in [6, 6.07) is 4.60. The van der Waals surface area contributed by atoms with Gasteiger partial charge in [0.25, 0.3) is 5.69 Å². The van der Waals surface area contributed by atoms with Gasteiger partial charge in [-0.05, 0) is 6.92 Å². The third-order valence-electron chi connectivity index (χ3n) is 2.14. The Hall–Kier alpha value is -1.87. The molecule has 7 heteroatoms. The Morgan fingerprint density at radius 2 is 2.35 bits per heavy atom. The average Bonchev–Trinajstić information content (AvgIpc) is 2.27. The first-order valence-corrected chi connectivity index (χ1v) is 5.24. The van der Waals surface area contributed by atoms with Crippen LogP contribution in [-0.4, -0.2) is 23.5 Å². The smallest absolute Gasteiger partial charge is 0.276 e. The molecule has 90 valence electrons. The highest BCUT2D eigenvalue weighted by molar-refractivity contribution is 6.29. The highest BCUT2D eigenvalue weighted by atomic mass is 35.5. The Labute approximate surface area is 104 Å². The molecule has 0 N–H and O–H groups in total. The van der Waals surface area contributed by atoms with Gasteiger partial charge < -0.3 is 4.90 Å². The van der Waals surface area contributed by atoms with E-state index in [1.54, 1.807) is 18.9 Å². The van der Waals surface area contributed by atoms with Crippen molar-refractivity contribution < 1.29 is 4.92 Å². The van der Waals surface area contributed by atoms with Crippen molar-refractivity contribution in [3.05, 3.63) is 27.4 Å². The van der Waals surface area contributed by atoms with Gasteiger partial charge in [0.1, 0.15) is 11.0 Å². The van der Waals surface area contributed by atoms with E-state index in [1.165, 1.54) is 12.1 Å². The molecular formula is C10H11ClN4O2. The van der Waals surface area contributed by atoms with Gasteiger partial charge >= 0.3 is 0 Å². The molecule has 0 spiro atoms. The molecule has 6 nitrogen and oxygen atoms in total. The molecule has 0 aliphatic carbocycles. The number of halogens is 1. The molecule has 1 heterocycles. The number of pyridine rings is 1. The lowest BCUT2D eigenvalue weighted by atomic mass is 10.2. The number of nitrogens with zero attached hydrogens (tertiary/aromatic N) is 4. The van der Waals surface area contributed by atoms with Crippen molar-refractivity contribution in [1.82, 2.24) is 4.98 Å². The SMILES string of the molecule is CC(C#N)CN(C)c1cc([N+](=O)[O-])cc(Cl)n1. The Bertz CT molecular complexity index is 472. The fraction of sp³-hybridized carbons (Fsp3) is 0.400. The molecule has 0 bridgehead atoms. The molecule has 0 aliphatic rings. The highest BCUT2D eigenvalue weighted by Crippen LogP contribution is 2.22. The second kappa shape index (κ2) is 5.46. The topological polar surface area (TPSA) is 83.1 Å². The number of aromatic nitrogens is 1. The minimum Gasteiger partial charge on any atom is -0.358 e. The molecule has 1 rings (SSSR count). The largest absolute Gasteiger partial charge is 0.358 e. The van der Waals surface area contributed by atoms with Crippen molar-refractivity contribution in [1.29, 1.82) is 5.26 Å². The van der Waals surface area contributed by atoms with E-state index >= 15 is 0 Å². The second-order valence-electron chi connectivity index (χ2n) is 3.67. The number of rotatable bonds is 4. The summed E-state index contributed by atoms with van der Waals surface area (Å²) in [6.45, 7) is 2.19. The number of hydrogen-bond acceptors (Lipinski definition) is 5.